The van der Waals surface area contributed by atoms with Gasteiger partial charge in [-0.15, -0.1) is 0 Å². The quantitative estimate of drug-likeness (QED) is 0.590. The molecule has 1 aliphatic heterocycles. The van der Waals surface area contributed by atoms with Gasteiger partial charge in [-0.3, -0.25) is 4.79 Å². The summed E-state index contributed by atoms with van der Waals surface area (Å²) in [4.78, 5) is 36.8. The summed E-state index contributed by atoms with van der Waals surface area (Å²) < 4.78 is 10.3. The Morgan fingerprint density at radius 1 is 0.923 bits per heavy atom. The Labute approximate surface area is 151 Å². The summed E-state index contributed by atoms with van der Waals surface area (Å²) in [6.45, 7) is 0.236. The molecule has 2 amide bonds. The van der Waals surface area contributed by atoms with Gasteiger partial charge in [0.2, 0.25) is 5.91 Å². The molecule has 6 heteroatoms. The molecule has 1 heterocycles. The maximum absolute atomic E-state index is 12.1. The molecule has 2 aromatic carbocycles. The Morgan fingerprint density at radius 3 is 2.15 bits per heavy atom. The van der Waals surface area contributed by atoms with Crippen molar-refractivity contribution < 1.29 is 23.9 Å². The number of ether oxygens (including phenoxy) is 2. The second-order valence-corrected chi connectivity index (χ2v) is 5.93. The average Bonchev–Trinajstić information content (AvgIpc) is 2.65. The van der Waals surface area contributed by atoms with Crippen molar-refractivity contribution in [3.63, 3.8) is 0 Å². The first-order valence-corrected chi connectivity index (χ1v) is 8.38. The average molecular weight is 353 g/mol. The lowest BCUT2D eigenvalue weighted by molar-refractivity contribution is -0.164. The zero-order chi connectivity index (χ0) is 18.4. The molecule has 0 N–H and O–H groups in total. The molecule has 0 saturated carbocycles. The van der Waals surface area contributed by atoms with Gasteiger partial charge in [0.15, 0.2) is 0 Å². The van der Waals surface area contributed by atoms with Gasteiger partial charge in [-0.2, -0.15) is 0 Å². The predicted molar refractivity (Wildman–Crippen MR) is 93.0 cm³/mol. The van der Waals surface area contributed by atoms with E-state index >= 15 is 0 Å². The molecule has 0 unspecified atom stereocenters. The maximum atomic E-state index is 12.1. The van der Waals surface area contributed by atoms with Crippen LogP contribution in [0.15, 0.2) is 60.7 Å². The highest BCUT2D eigenvalue weighted by Gasteiger charge is 2.47. The number of imide groups is 1. The summed E-state index contributed by atoms with van der Waals surface area (Å²) in [5.41, 5.74) is 1.86. The molecule has 1 aliphatic rings. The van der Waals surface area contributed by atoms with Crippen LogP contribution in [0.2, 0.25) is 0 Å². The van der Waals surface area contributed by atoms with Crippen molar-refractivity contribution in [2.24, 2.45) is 0 Å². The molecule has 0 bridgehead atoms. The predicted octanol–water partition coefficient (Wildman–Crippen LogP) is 2.71. The minimum absolute atomic E-state index is 0.0403. The number of rotatable bonds is 6. The van der Waals surface area contributed by atoms with E-state index in [4.69, 9.17) is 9.47 Å². The van der Waals surface area contributed by atoms with Crippen LogP contribution >= 0.6 is 0 Å². The van der Waals surface area contributed by atoms with E-state index in [0.717, 1.165) is 16.0 Å². The Hall–Kier alpha value is -3.15. The summed E-state index contributed by atoms with van der Waals surface area (Å²) in [7, 11) is 0. The van der Waals surface area contributed by atoms with Crippen molar-refractivity contribution in [3.8, 4) is 0 Å². The molecule has 1 atom stereocenters. The lowest BCUT2D eigenvalue weighted by Crippen LogP contribution is -2.59. The fourth-order valence-electron chi connectivity index (χ4n) is 2.63. The van der Waals surface area contributed by atoms with Gasteiger partial charge in [-0.25, -0.2) is 14.5 Å². The van der Waals surface area contributed by atoms with E-state index in [1.807, 2.05) is 60.7 Å². The zero-order valence-electron chi connectivity index (χ0n) is 14.2. The van der Waals surface area contributed by atoms with Gasteiger partial charge in [0.25, 0.3) is 0 Å². The number of carbonyl (C=O) groups excluding carboxylic acids is 3. The molecule has 3 rings (SSSR count). The minimum atomic E-state index is -0.907. The summed E-state index contributed by atoms with van der Waals surface area (Å²) in [6.07, 6.45) is -0.307. The van der Waals surface area contributed by atoms with Crippen molar-refractivity contribution in [2.75, 3.05) is 6.61 Å². The van der Waals surface area contributed by atoms with Gasteiger partial charge < -0.3 is 9.47 Å². The number of hydrogen-bond acceptors (Lipinski definition) is 5. The second kappa shape index (κ2) is 8.29. The Kier molecular flexibility index (Phi) is 5.63. The lowest BCUT2D eigenvalue weighted by Gasteiger charge is -2.35. The third kappa shape index (κ3) is 4.27. The highest BCUT2D eigenvalue weighted by Crippen LogP contribution is 2.22. The number of carbonyl (C=O) groups is 3. The first kappa shape index (κ1) is 17.7. The molecular weight excluding hydrogens is 334 g/mol. The number of likely N-dealkylation sites (tertiary alicyclic amines) is 1. The smallest absolute Gasteiger partial charge is 0.417 e. The van der Waals surface area contributed by atoms with Gasteiger partial charge in [-0.1, -0.05) is 60.7 Å². The van der Waals surface area contributed by atoms with Crippen LogP contribution in [0.3, 0.4) is 0 Å². The van der Waals surface area contributed by atoms with Crippen LogP contribution in [0.25, 0.3) is 0 Å². The summed E-state index contributed by atoms with van der Waals surface area (Å²) in [5, 5.41) is 0. The molecule has 0 aromatic heterocycles. The van der Waals surface area contributed by atoms with E-state index in [1.165, 1.54) is 0 Å². The minimum Gasteiger partial charge on any atom is -0.459 e. The molecular formula is C20H19NO5. The molecule has 1 fully saturated rings. The molecule has 1 saturated heterocycles. The van der Waals surface area contributed by atoms with E-state index in [2.05, 4.69) is 0 Å². The van der Waals surface area contributed by atoms with Crippen molar-refractivity contribution >= 4 is 18.0 Å². The van der Waals surface area contributed by atoms with Crippen LogP contribution in [-0.4, -0.2) is 35.5 Å². The number of amides is 2. The fourth-order valence-corrected chi connectivity index (χ4v) is 2.63. The lowest BCUT2D eigenvalue weighted by atomic mass is 10.0. The number of hydrogen-bond donors (Lipinski definition) is 0. The van der Waals surface area contributed by atoms with Crippen LogP contribution in [0.5, 0.6) is 0 Å². The van der Waals surface area contributed by atoms with E-state index in [-0.39, 0.29) is 19.6 Å². The van der Waals surface area contributed by atoms with Crippen LogP contribution in [0.4, 0.5) is 4.79 Å². The third-order valence-electron chi connectivity index (χ3n) is 4.10. The maximum Gasteiger partial charge on any atom is 0.417 e. The summed E-state index contributed by atoms with van der Waals surface area (Å²) in [6, 6.07) is 17.8. The second-order valence-electron chi connectivity index (χ2n) is 5.93. The highest BCUT2D eigenvalue weighted by atomic mass is 16.6. The molecule has 6 nitrogen and oxygen atoms in total. The molecule has 2 aromatic rings. The highest BCUT2D eigenvalue weighted by molar-refractivity contribution is 6.04. The third-order valence-corrected chi connectivity index (χ3v) is 4.10. The van der Waals surface area contributed by atoms with E-state index in [9.17, 15) is 14.4 Å². The van der Waals surface area contributed by atoms with E-state index in [1.54, 1.807) is 0 Å². The van der Waals surface area contributed by atoms with Crippen LogP contribution in [-0.2, 0) is 32.1 Å². The topological polar surface area (TPSA) is 72.9 Å². The largest absolute Gasteiger partial charge is 0.459 e. The first-order valence-electron chi connectivity index (χ1n) is 8.38. The molecule has 134 valence electrons. The van der Waals surface area contributed by atoms with E-state index in [0.29, 0.717) is 6.42 Å². The van der Waals surface area contributed by atoms with Crippen molar-refractivity contribution in [3.05, 3.63) is 71.8 Å². The van der Waals surface area contributed by atoms with Crippen LogP contribution in [0.1, 0.15) is 17.5 Å². The molecule has 0 spiro atoms. The Morgan fingerprint density at radius 2 is 1.54 bits per heavy atom. The van der Waals surface area contributed by atoms with Crippen molar-refractivity contribution in [1.82, 2.24) is 4.90 Å². The molecule has 0 radical (unpaired) electrons. The van der Waals surface area contributed by atoms with Gasteiger partial charge >= 0.3 is 12.1 Å². The van der Waals surface area contributed by atoms with Crippen molar-refractivity contribution in [1.29, 1.82) is 0 Å². The molecule has 0 aliphatic carbocycles. The SMILES string of the molecule is O=C(OCc1ccccc1)[C@H]1CC(=O)N1C(=O)OCCc1ccccc1. The fraction of sp³-hybridized carbons (Fsp3) is 0.250. The monoisotopic (exact) mass is 353 g/mol. The summed E-state index contributed by atoms with van der Waals surface area (Å²) >= 11 is 0. The number of esters is 1. The number of benzene rings is 2. The Bertz CT molecular complexity index is 775. The number of nitrogens with zero attached hydrogens (tertiary/aromatic N) is 1. The number of β-lactam (4-membered cyclic amide) rings is 1. The van der Waals surface area contributed by atoms with Gasteiger partial charge in [0.1, 0.15) is 12.6 Å². The molecule has 26 heavy (non-hydrogen) atoms. The Balaban J connectivity index is 1.47. The van der Waals surface area contributed by atoms with Gasteiger partial charge in [0, 0.05) is 6.42 Å². The first-order chi connectivity index (χ1) is 12.6. The van der Waals surface area contributed by atoms with Crippen LogP contribution < -0.4 is 0 Å². The standard InChI is InChI=1S/C20H19NO5/c22-18-13-17(19(23)26-14-16-9-5-2-6-10-16)21(18)20(24)25-12-11-15-7-3-1-4-8-15/h1-10,17H,11-14H2/t17-/m1/s1. The van der Waals surface area contributed by atoms with Crippen molar-refractivity contribution in [2.45, 2.75) is 25.5 Å². The van der Waals surface area contributed by atoms with Crippen LogP contribution in [0, 0.1) is 0 Å². The summed E-state index contributed by atoms with van der Waals surface area (Å²) in [5.74, 6) is -1.04. The normalized spacial score (nSPS) is 15.9. The van der Waals surface area contributed by atoms with Gasteiger partial charge in [0.05, 0.1) is 13.0 Å². The van der Waals surface area contributed by atoms with Gasteiger partial charge in [-0.05, 0) is 11.1 Å². The van der Waals surface area contributed by atoms with E-state index < -0.39 is 24.0 Å². The zero-order valence-corrected chi connectivity index (χ0v) is 14.2.